The maximum atomic E-state index is 5.73. The van der Waals surface area contributed by atoms with Crippen LogP contribution in [-0.2, 0) is 11.8 Å². The second-order valence-electron chi connectivity index (χ2n) is 6.49. The zero-order valence-electron chi connectivity index (χ0n) is 13.2. The number of hydrogen-bond acceptors (Lipinski definition) is 2. The Morgan fingerprint density at radius 3 is 2.50 bits per heavy atom. The highest BCUT2D eigenvalue weighted by Crippen LogP contribution is 2.31. The summed E-state index contributed by atoms with van der Waals surface area (Å²) in [7, 11) is 0. The second kappa shape index (κ2) is 5.41. The molecule has 108 valence electrons. The van der Waals surface area contributed by atoms with Crippen molar-refractivity contribution in [2.45, 2.75) is 46.5 Å². The lowest BCUT2D eigenvalue weighted by Crippen LogP contribution is -2.11. The molecule has 2 aromatic rings. The van der Waals surface area contributed by atoms with E-state index in [1.165, 1.54) is 22.3 Å². The molecule has 2 rings (SSSR count). The standard InChI is InChI=1S/C17H25N3/c1-11-6-7-13(17(3,4)5)10-15(11)16-14(8-9-18)12(2)19-20-16/h6-7,10H,8-9,18H2,1-5H3,(H,19,20). The van der Waals surface area contributed by atoms with Gasteiger partial charge < -0.3 is 5.73 Å². The predicted molar refractivity (Wildman–Crippen MR) is 85.0 cm³/mol. The quantitative estimate of drug-likeness (QED) is 0.897. The molecule has 3 heteroatoms. The smallest absolute Gasteiger partial charge is 0.0958 e. The molecule has 0 bridgehead atoms. The molecular formula is C17H25N3. The molecule has 0 aliphatic heterocycles. The Balaban J connectivity index is 2.58. The normalized spacial score (nSPS) is 11.9. The molecule has 0 saturated heterocycles. The number of aryl methyl sites for hydroxylation is 2. The largest absolute Gasteiger partial charge is 0.330 e. The summed E-state index contributed by atoms with van der Waals surface area (Å²) in [4.78, 5) is 0. The van der Waals surface area contributed by atoms with Crippen molar-refractivity contribution in [2.75, 3.05) is 6.54 Å². The SMILES string of the molecule is Cc1ccc(C(C)(C)C)cc1-c1n[nH]c(C)c1CCN. The Kier molecular flexibility index (Phi) is 4.00. The summed E-state index contributed by atoms with van der Waals surface area (Å²) >= 11 is 0. The number of rotatable bonds is 3. The summed E-state index contributed by atoms with van der Waals surface area (Å²) in [6.45, 7) is 11.5. The van der Waals surface area contributed by atoms with Crippen LogP contribution in [0.3, 0.4) is 0 Å². The van der Waals surface area contributed by atoms with E-state index in [2.05, 4.69) is 63.0 Å². The number of aromatic nitrogens is 2. The maximum Gasteiger partial charge on any atom is 0.0958 e. The van der Waals surface area contributed by atoms with E-state index in [-0.39, 0.29) is 5.41 Å². The zero-order valence-corrected chi connectivity index (χ0v) is 13.2. The van der Waals surface area contributed by atoms with Gasteiger partial charge in [0, 0.05) is 16.8 Å². The van der Waals surface area contributed by atoms with Crippen LogP contribution in [0, 0.1) is 13.8 Å². The first-order chi connectivity index (χ1) is 9.34. The highest BCUT2D eigenvalue weighted by Gasteiger charge is 2.18. The Morgan fingerprint density at radius 1 is 1.20 bits per heavy atom. The molecule has 0 radical (unpaired) electrons. The molecule has 1 aromatic heterocycles. The molecule has 3 nitrogen and oxygen atoms in total. The van der Waals surface area contributed by atoms with Gasteiger partial charge in [0.2, 0.25) is 0 Å². The number of nitrogens with zero attached hydrogens (tertiary/aromatic N) is 1. The number of nitrogens with two attached hydrogens (primary N) is 1. The molecule has 0 amide bonds. The van der Waals surface area contributed by atoms with Gasteiger partial charge in [-0.1, -0.05) is 32.9 Å². The molecule has 0 unspecified atom stereocenters. The van der Waals surface area contributed by atoms with Crippen LogP contribution in [0.15, 0.2) is 18.2 Å². The summed E-state index contributed by atoms with van der Waals surface area (Å²) in [6.07, 6.45) is 0.858. The third-order valence-electron chi connectivity index (χ3n) is 3.83. The fourth-order valence-corrected chi connectivity index (χ4v) is 2.47. The number of H-pyrrole nitrogens is 1. The molecule has 0 aliphatic rings. The monoisotopic (exact) mass is 271 g/mol. The molecular weight excluding hydrogens is 246 g/mol. The number of benzene rings is 1. The average Bonchev–Trinajstić information content (AvgIpc) is 2.71. The lowest BCUT2D eigenvalue weighted by atomic mass is 9.84. The van der Waals surface area contributed by atoms with E-state index in [1.54, 1.807) is 0 Å². The van der Waals surface area contributed by atoms with Crippen molar-refractivity contribution in [3.63, 3.8) is 0 Å². The minimum atomic E-state index is 0.141. The lowest BCUT2D eigenvalue weighted by molar-refractivity contribution is 0.590. The predicted octanol–water partition coefficient (Wildman–Crippen LogP) is 3.49. The van der Waals surface area contributed by atoms with Crippen molar-refractivity contribution in [3.8, 4) is 11.3 Å². The highest BCUT2D eigenvalue weighted by atomic mass is 15.1. The van der Waals surface area contributed by atoms with Crippen molar-refractivity contribution in [3.05, 3.63) is 40.6 Å². The minimum Gasteiger partial charge on any atom is -0.330 e. The van der Waals surface area contributed by atoms with E-state index in [0.29, 0.717) is 6.54 Å². The zero-order chi connectivity index (χ0) is 14.9. The van der Waals surface area contributed by atoms with E-state index < -0.39 is 0 Å². The molecule has 0 fully saturated rings. The van der Waals surface area contributed by atoms with E-state index in [4.69, 9.17) is 5.73 Å². The van der Waals surface area contributed by atoms with Crippen molar-refractivity contribution < 1.29 is 0 Å². The molecule has 0 spiro atoms. The van der Waals surface area contributed by atoms with Gasteiger partial charge >= 0.3 is 0 Å². The van der Waals surface area contributed by atoms with Crippen LogP contribution in [0.5, 0.6) is 0 Å². The maximum absolute atomic E-state index is 5.73. The van der Waals surface area contributed by atoms with Gasteiger partial charge in [-0.2, -0.15) is 5.10 Å². The lowest BCUT2D eigenvalue weighted by Gasteiger charge is -2.20. The fraction of sp³-hybridized carbons (Fsp3) is 0.471. The Labute approximate surface area is 121 Å². The first kappa shape index (κ1) is 14.8. The summed E-state index contributed by atoms with van der Waals surface area (Å²) in [5.74, 6) is 0. The van der Waals surface area contributed by atoms with Gasteiger partial charge in [0.15, 0.2) is 0 Å². The average molecular weight is 271 g/mol. The molecule has 0 saturated carbocycles. The molecule has 3 N–H and O–H groups in total. The van der Waals surface area contributed by atoms with Gasteiger partial charge in [-0.05, 0) is 49.4 Å². The van der Waals surface area contributed by atoms with Crippen LogP contribution >= 0.6 is 0 Å². The van der Waals surface area contributed by atoms with Gasteiger partial charge in [-0.15, -0.1) is 0 Å². The molecule has 0 atom stereocenters. The van der Waals surface area contributed by atoms with Crippen LogP contribution in [0.4, 0.5) is 0 Å². The van der Waals surface area contributed by atoms with Gasteiger partial charge in [-0.3, -0.25) is 5.10 Å². The fourth-order valence-electron chi connectivity index (χ4n) is 2.47. The summed E-state index contributed by atoms with van der Waals surface area (Å²) in [5.41, 5.74) is 13.1. The van der Waals surface area contributed by atoms with Crippen molar-refractivity contribution >= 4 is 0 Å². The highest BCUT2D eigenvalue weighted by molar-refractivity contribution is 5.68. The van der Waals surface area contributed by atoms with Crippen LogP contribution in [0.2, 0.25) is 0 Å². The third-order valence-corrected chi connectivity index (χ3v) is 3.83. The molecule has 1 aromatic carbocycles. The molecule has 1 heterocycles. The number of aromatic amines is 1. The Bertz CT molecular complexity index is 603. The van der Waals surface area contributed by atoms with E-state index >= 15 is 0 Å². The van der Waals surface area contributed by atoms with Crippen LogP contribution in [-0.4, -0.2) is 16.7 Å². The van der Waals surface area contributed by atoms with Crippen LogP contribution in [0.25, 0.3) is 11.3 Å². The molecule has 20 heavy (non-hydrogen) atoms. The number of nitrogens with one attached hydrogen (secondary N) is 1. The van der Waals surface area contributed by atoms with Gasteiger partial charge in [-0.25, -0.2) is 0 Å². The first-order valence-electron chi connectivity index (χ1n) is 7.20. The summed E-state index contributed by atoms with van der Waals surface area (Å²) < 4.78 is 0. The Morgan fingerprint density at radius 2 is 1.90 bits per heavy atom. The molecule has 0 aliphatic carbocycles. The van der Waals surface area contributed by atoms with Gasteiger partial charge in [0.1, 0.15) is 0 Å². The van der Waals surface area contributed by atoms with Gasteiger partial charge in [0.05, 0.1) is 5.69 Å². The second-order valence-corrected chi connectivity index (χ2v) is 6.49. The third kappa shape index (κ3) is 2.78. The Hall–Kier alpha value is -1.61. The van der Waals surface area contributed by atoms with Crippen LogP contribution in [0.1, 0.15) is 43.2 Å². The van der Waals surface area contributed by atoms with E-state index in [1.807, 2.05) is 0 Å². The van der Waals surface area contributed by atoms with E-state index in [0.717, 1.165) is 17.8 Å². The summed E-state index contributed by atoms with van der Waals surface area (Å²) in [6, 6.07) is 6.66. The number of hydrogen-bond donors (Lipinski definition) is 2. The van der Waals surface area contributed by atoms with Crippen LogP contribution < -0.4 is 5.73 Å². The minimum absolute atomic E-state index is 0.141. The summed E-state index contributed by atoms with van der Waals surface area (Å²) in [5, 5.41) is 7.61. The van der Waals surface area contributed by atoms with E-state index in [9.17, 15) is 0 Å². The van der Waals surface area contributed by atoms with Crippen molar-refractivity contribution in [1.82, 2.24) is 10.2 Å². The van der Waals surface area contributed by atoms with Gasteiger partial charge in [0.25, 0.3) is 0 Å². The topological polar surface area (TPSA) is 54.7 Å². The van der Waals surface area contributed by atoms with Crippen molar-refractivity contribution in [2.24, 2.45) is 5.73 Å². The first-order valence-corrected chi connectivity index (χ1v) is 7.20. The van der Waals surface area contributed by atoms with Crippen molar-refractivity contribution in [1.29, 1.82) is 0 Å².